The highest BCUT2D eigenvalue weighted by atomic mass is 32.2. The number of hydrogen-bond donors (Lipinski definition) is 0. The number of aromatic nitrogens is 1. The van der Waals surface area contributed by atoms with Gasteiger partial charge in [0.1, 0.15) is 0 Å². The van der Waals surface area contributed by atoms with Gasteiger partial charge < -0.3 is 0 Å². The maximum absolute atomic E-state index is 13.0. The van der Waals surface area contributed by atoms with E-state index in [2.05, 4.69) is 0 Å². The first-order valence-electron chi connectivity index (χ1n) is 6.81. The quantitative estimate of drug-likeness (QED) is 0.722. The summed E-state index contributed by atoms with van der Waals surface area (Å²) in [5.74, 6) is 0. The van der Waals surface area contributed by atoms with Crippen LogP contribution in [0.25, 0.3) is 10.9 Å². The van der Waals surface area contributed by atoms with Crippen molar-refractivity contribution in [2.75, 3.05) is 0 Å². The number of aryl methyl sites for hydroxylation is 3. The molecule has 0 bridgehead atoms. The van der Waals surface area contributed by atoms with Gasteiger partial charge in [0.05, 0.1) is 10.4 Å². The van der Waals surface area contributed by atoms with Gasteiger partial charge in [-0.2, -0.15) is 0 Å². The van der Waals surface area contributed by atoms with Gasteiger partial charge >= 0.3 is 0 Å². The van der Waals surface area contributed by atoms with E-state index in [4.69, 9.17) is 0 Å². The van der Waals surface area contributed by atoms with Crippen LogP contribution in [0.4, 0.5) is 0 Å². The summed E-state index contributed by atoms with van der Waals surface area (Å²) in [6.45, 7) is 5.76. The average molecular weight is 299 g/mol. The molecule has 0 unspecified atom stereocenters. The maximum atomic E-state index is 13.0. The fourth-order valence-electron chi connectivity index (χ4n) is 2.58. The van der Waals surface area contributed by atoms with E-state index >= 15 is 0 Å². The maximum Gasteiger partial charge on any atom is 0.268 e. The SMILES string of the molecule is Cc1cc(C)c(S(=O)(=O)n2ccc3ccccc32)cc1C. The molecule has 0 spiro atoms. The van der Waals surface area contributed by atoms with Crippen molar-refractivity contribution in [2.45, 2.75) is 25.7 Å². The minimum atomic E-state index is -3.58. The highest BCUT2D eigenvalue weighted by Crippen LogP contribution is 2.26. The van der Waals surface area contributed by atoms with E-state index in [1.807, 2.05) is 57.2 Å². The van der Waals surface area contributed by atoms with E-state index in [0.29, 0.717) is 10.4 Å². The first-order valence-corrected chi connectivity index (χ1v) is 8.25. The summed E-state index contributed by atoms with van der Waals surface area (Å²) in [6, 6.07) is 13.0. The number of para-hydroxylation sites is 1. The lowest BCUT2D eigenvalue weighted by atomic mass is 10.1. The van der Waals surface area contributed by atoms with Crippen molar-refractivity contribution in [1.29, 1.82) is 0 Å². The Morgan fingerprint density at radius 3 is 2.29 bits per heavy atom. The first-order chi connectivity index (χ1) is 9.91. The molecular formula is C17H17NO2S. The van der Waals surface area contributed by atoms with E-state index in [1.165, 1.54) is 3.97 Å². The number of fused-ring (bicyclic) bond motifs is 1. The summed E-state index contributed by atoms with van der Waals surface area (Å²) in [4.78, 5) is 0.368. The van der Waals surface area contributed by atoms with Gasteiger partial charge in [-0.25, -0.2) is 12.4 Å². The van der Waals surface area contributed by atoms with Gasteiger partial charge in [0, 0.05) is 11.6 Å². The summed E-state index contributed by atoms with van der Waals surface area (Å²) in [6.07, 6.45) is 1.62. The van der Waals surface area contributed by atoms with Crippen molar-refractivity contribution in [1.82, 2.24) is 3.97 Å². The lowest BCUT2D eigenvalue weighted by molar-refractivity contribution is 0.588. The zero-order valence-electron chi connectivity index (χ0n) is 12.3. The van der Waals surface area contributed by atoms with Crippen LogP contribution in [-0.2, 0) is 10.0 Å². The Balaban J connectivity index is 2.29. The van der Waals surface area contributed by atoms with Gasteiger partial charge in [0.2, 0.25) is 0 Å². The number of nitrogens with zero attached hydrogens (tertiary/aromatic N) is 1. The van der Waals surface area contributed by atoms with Crippen molar-refractivity contribution in [3.05, 3.63) is 65.4 Å². The molecule has 0 saturated heterocycles. The minimum absolute atomic E-state index is 0.368. The van der Waals surface area contributed by atoms with Crippen molar-refractivity contribution >= 4 is 20.9 Å². The van der Waals surface area contributed by atoms with E-state index in [9.17, 15) is 8.42 Å². The normalized spacial score (nSPS) is 12.0. The second-order valence-corrected chi connectivity index (χ2v) is 7.16. The Kier molecular flexibility index (Phi) is 3.14. The summed E-state index contributed by atoms with van der Waals surface area (Å²) in [5, 5.41) is 0.919. The summed E-state index contributed by atoms with van der Waals surface area (Å²) in [7, 11) is -3.58. The molecule has 3 nitrogen and oxygen atoms in total. The van der Waals surface area contributed by atoms with E-state index in [-0.39, 0.29) is 0 Å². The van der Waals surface area contributed by atoms with Crippen LogP contribution in [0, 0.1) is 20.8 Å². The molecule has 2 aromatic carbocycles. The Labute approximate surface area is 124 Å². The van der Waals surface area contributed by atoms with Gasteiger partial charge in [-0.1, -0.05) is 24.3 Å². The lowest BCUT2D eigenvalue weighted by Crippen LogP contribution is -2.13. The topological polar surface area (TPSA) is 39.1 Å². The number of benzene rings is 2. The average Bonchev–Trinajstić information content (AvgIpc) is 2.87. The molecule has 0 aliphatic heterocycles. The highest BCUT2D eigenvalue weighted by Gasteiger charge is 2.21. The molecule has 0 atom stereocenters. The molecule has 0 radical (unpaired) electrons. The lowest BCUT2D eigenvalue weighted by Gasteiger charge is -2.12. The predicted octanol–water partition coefficient (Wildman–Crippen LogP) is 3.80. The van der Waals surface area contributed by atoms with Crippen LogP contribution in [0.2, 0.25) is 0 Å². The van der Waals surface area contributed by atoms with E-state index < -0.39 is 10.0 Å². The minimum Gasteiger partial charge on any atom is -0.241 e. The van der Waals surface area contributed by atoms with Gasteiger partial charge in [0.15, 0.2) is 0 Å². The molecule has 108 valence electrons. The Morgan fingerprint density at radius 2 is 1.52 bits per heavy atom. The van der Waals surface area contributed by atoms with Crippen molar-refractivity contribution in [2.24, 2.45) is 0 Å². The molecule has 21 heavy (non-hydrogen) atoms. The third-order valence-electron chi connectivity index (χ3n) is 3.89. The summed E-state index contributed by atoms with van der Waals surface area (Å²) < 4.78 is 27.3. The third-order valence-corrected chi connectivity index (χ3v) is 5.72. The summed E-state index contributed by atoms with van der Waals surface area (Å²) >= 11 is 0. The Hall–Kier alpha value is -2.07. The number of hydrogen-bond acceptors (Lipinski definition) is 2. The van der Waals surface area contributed by atoms with Gasteiger partial charge in [0.25, 0.3) is 10.0 Å². The van der Waals surface area contributed by atoms with Crippen molar-refractivity contribution in [3.63, 3.8) is 0 Å². The predicted molar refractivity (Wildman–Crippen MR) is 85.2 cm³/mol. The molecule has 0 saturated carbocycles. The Morgan fingerprint density at radius 1 is 0.857 bits per heavy atom. The molecule has 0 N–H and O–H groups in total. The molecule has 0 aliphatic carbocycles. The molecule has 4 heteroatoms. The second kappa shape index (κ2) is 4.74. The fourth-order valence-corrected chi connectivity index (χ4v) is 4.23. The molecule has 3 aromatic rings. The zero-order valence-corrected chi connectivity index (χ0v) is 13.1. The van der Waals surface area contributed by atoms with Crippen LogP contribution in [0.3, 0.4) is 0 Å². The molecule has 0 aliphatic rings. The smallest absolute Gasteiger partial charge is 0.241 e. The largest absolute Gasteiger partial charge is 0.268 e. The van der Waals surface area contributed by atoms with Crippen LogP contribution < -0.4 is 0 Å². The molecule has 3 rings (SSSR count). The third kappa shape index (κ3) is 2.16. The van der Waals surface area contributed by atoms with Crippen LogP contribution in [0.1, 0.15) is 16.7 Å². The molecular weight excluding hydrogens is 282 g/mol. The standard InChI is InChI=1S/C17H17NO2S/c1-12-10-14(3)17(11-13(12)2)21(19,20)18-9-8-15-6-4-5-7-16(15)18/h4-11H,1-3H3. The monoisotopic (exact) mass is 299 g/mol. The van der Waals surface area contributed by atoms with E-state index in [1.54, 1.807) is 12.3 Å². The van der Waals surface area contributed by atoms with Crippen molar-refractivity contribution in [3.8, 4) is 0 Å². The molecule has 0 amide bonds. The van der Waals surface area contributed by atoms with Gasteiger partial charge in [-0.05, 0) is 55.7 Å². The molecule has 1 heterocycles. The molecule has 0 fully saturated rings. The van der Waals surface area contributed by atoms with Crippen LogP contribution in [0.15, 0.2) is 53.6 Å². The first kappa shape index (κ1) is 13.9. The van der Waals surface area contributed by atoms with Crippen molar-refractivity contribution < 1.29 is 8.42 Å². The van der Waals surface area contributed by atoms with Crippen LogP contribution >= 0.6 is 0 Å². The van der Waals surface area contributed by atoms with Crippen LogP contribution in [-0.4, -0.2) is 12.4 Å². The highest BCUT2D eigenvalue weighted by molar-refractivity contribution is 7.90. The molecule has 1 aromatic heterocycles. The van der Waals surface area contributed by atoms with Crippen LogP contribution in [0.5, 0.6) is 0 Å². The van der Waals surface area contributed by atoms with Gasteiger partial charge in [-0.3, -0.25) is 0 Å². The van der Waals surface area contributed by atoms with Gasteiger partial charge in [-0.15, -0.1) is 0 Å². The zero-order chi connectivity index (χ0) is 15.2. The van der Waals surface area contributed by atoms with E-state index in [0.717, 1.165) is 22.1 Å². The second-order valence-electron chi connectivity index (χ2n) is 5.38. The summed E-state index contributed by atoms with van der Waals surface area (Å²) in [5.41, 5.74) is 3.56. The Bertz CT molecular complexity index is 937. The number of rotatable bonds is 2. The fraction of sp³-hybridized carbons (Fsp3) is 0.176.